The van der Waals surface area contributed by atoms with Crippen LogP contribution in [0.3, 0.4) is 0 Å². The van der Waals surface area contributed by atoms with Crippen molar-refractivity contribution in [3.05, 3.63) is 63.2 Å². The van der Waals surface area contributed by atoms with Gasteiger partial charge in [0.05, 0.1) is 0 Å². The van der Waals surface area contributed by atoms with E-state index in [1.54, 1.807) is 24.3 Å². The molecule has 0 bridgehead atoms. The minimum absolute atomic E-state index is 0.0101. The third-order valence-electron chi connectivity index (χ3n) is 2.46. The fourth-order valence-electron chi connectivity index (χ4n) is 1.60. The van der Waals surface area contributed by atoms with Gasteiger partial charge in [-0.05, 0) is 0 Å². The van der Waals surface area contributed by atoms with Crippen LogP contribution in [0.2, 0.25) is 5.02 Å². The number of aromatic carboxylic acids is 1. The van der Waals surface area contributed by atoms with E-state index >= 15 is 0 Å². The summed E-state index contributed by atoms with van der Waals surface area (Å²) in [6.07, 6.45) is 0. The van der Waals surface area contributed by atoms with Crippen molar-refractivity contribution in [1.29, 1.82) is 0 Å². The molecule has 0 fully saturated rings. The zero-order chi connectivity index (χ0) is 14.7. The fraction of sp³-hybridized carbons (Fsp3) is 0. The van der Waals surface area contributed by atoms with Gasteiger partial charge in [0.2, 0.25) is 0 Å². The Hall–Kier alpha value is -1.88. The number of rotatable bonds is 4. The second-order valence-electron chi connectivity index (χ2n) is 3.75. The Morgan fingerprint density at radius 1 is 1.20 bits per heavy atom. The van der Waals surface area contributed by atoms with Crippen LogP contribution >= 0.6 is 11.6 Å². The summed E-state index contributed by atoms with van der Waals surface area (Å²) in [4.78, 5) is 21.8. The molecule has 0 atom stereocenters. The number of carbonyl (C=O) groups is 1. The number of nitro groups is 1. The SMILES string of the molecule is O=C(O)c1c(Cl)ccc([N+](=O)[O-])c1[Se]c1ccccc1. The van der Waals surface area contributed by atoms with E-state index in [0.29, 0.717) is 0 Å². The van der Waals surface area contributed by atoms with Crippen LogP contribution in [0.1, 0.15) is 10.4 Å². The molecule has 0 spiro atoms. The summed E-state index contributed by atoms with van der Waals surface area (Å²) in [5.74, 6) is -1.26. The molecule has 7 heteroatoms. The molecule has 0 aromatic heterocycles. The number of carboxylic acid groups (broad SMARTS) is 1. The van der Waals surface area contributed by atoms with E-state index in [4.69, 9.17) is 11.6 Å². The van der Waals surface area contributed by atoms with Crippen LogP contribution in [0, 0.1) is 10.1 Å². The molecule has 1 N–H and O–H groups in total. The summed E-state index contributed by atoms with van der Waals surface area (Å²) in [5, 5.41) is 20.3. The number of halogens is 1. The Morgan fingerprint density at radius 2 is 1.85 bits per heavy atom. The fourth-order valence-corrected chi connectivity index (χ4v) is 4.22. The molecule has 2 aromatic rings. The molecule has 0 aliphatic heterocycles. The Kier molecular flexibility index (Phi) is 4.39. The summed E-state index contributed by atoms with van der Waals surface area (Å²) >= 11 is 5.36. The summed E-state index contributed by atoms with van der Waals surface area (Å²) in [6.45, 7) is 0. The normalized spacial score (nSPS) is 10.2. The van der Waals surface area contributed by atoms with Crippen molar-refractivity contribution < 1.29 is 14.8 Å². The molecule has 0 saturated carbocycles. The number of carboxylic acids is 1. The zero-order valence-electron chi connectivity index (χ0n) is 9.95. The van der Waals surface area contributed by atoms with Gasteiger partial charge in [-0.3, -0.25) is 0 Å². The van der Waals surface area contributed by atoms with Crippen molar-refractivity contribution in [2.24, 2.45) is 0 Å². The summed E-state index contributed by atoms with van der Waals surface area (Å²) in [6, 6.07) is 11.5. The topological polar surface area (TPSA) is 80.4 Å². The first-order chi connectivity index (χ1) is 9.50. The number of benzene rings is 2. The number of hydrogen-bond acceptors (Lipinski definition) is 3. The molecule has 0 amide bonds. The Morgan fingerprint density at radius 3 is 2.40 bits per heavy atom. The van der Waals surface area contributed by atoms with Crippen LogP contribution < -0.4 is 8.92 Å². The standard InChI is InChI=1S/C13H8ClNO4Se/c14-9-6-7-10(15(18)19)12(11(9)13(16)17)20-8-4-2-1-3-5-8/h1-7H,(H,16,17). The maximum atomic E-state index is 11.3. The van der Waals surface area contributed by atoms with E-state index in [-0.39, 0.29) is 20.7 Å². The van der Waals surface area contributed by atoms with Gasteiger partial charge in [-0.2, -0.15) is 0 Å². The molecule has 2 aromatic carbocycles. The molecule has 0 aliphatic carbocycles. The van der Waals surface area contributed by atoms with Crippen molar-refractivity contribution in [3.8, 4) is 0 Å². The summed E-state index contributed by atoms with van der Waals surface area (Å²) in [7, 11) is 0. The molecule has 0 aliphatic rings. The summed E-state index contributed by atoms with van der Waals surface area (Å²) < 4.78 is 1.02. The van der Waals surface area contributed by atoms with Crippen LogP contribution in [0.4, 0.5) is 5.69 Å². The third-order valence-corrected chi connectivity index (χ3v) is 5.14. The van der Waals surface area contributed by atoms with E-state index < -0.39 is 25.8 Å². The molecule has 20 heavy (non-hydrogen) atoms. The van der Waals surface area contributed by atoms with Gasteiger partial charge in [-0.25, -0.2) is 0 Å². The van der Waals surface area contributed by atoms with Crippen LogP contribution in [0.25, 0.3) is 0 Å². The van der Waals surface area contributed by atoms with Gasteiger partial charge in [0, 0.05) is 0 Å². The number of hydrogen-bond donors (Lipinski definition) is 1. The van der Waals surface area contributed by atoms with Crippen LogP contribution in [0.5, 0.6) is 0 Å². The van der Waals surface area contributed by atoms with E-state index in [0.717, 1.165) is 4.46 Å². The van der Waals surface area contributed by atoms with E-state index in [9.17, 15) is 20.0 Å². The Labute approximate surface area is 125 Å². The number of nitro benzene ring substituents is 1. The molecule has 102 valence electrons. The molecule has 0 unspecified atom stereocenters. The quantitative estimate of drug-likeness (QED) is 0.512. The molecular formula is C13H8ClNO4Se. The second-order valence-corrected chi connectivity index (χ2v) is 6.43. The summed E-state index contributed by atoms with van der Waals surface area (Å²) in [5.41, 5.74) is -0.402. The first-order valence-electron chi connectivity index (χ1n) is 5.44. The molecule has 0 saturated heterocycles. The van der Waals surface area contributed by atoms with Gasteiger partial charge in [-0.15, -0.1) is 0 Å². The Balaban J connectivity index is 2.61. The average molecular weight is 357 g/mol. The van der Waals surface area contributed by atoms with Crippen molar-refractivity contribution in [2.45, 2.75) is 0 Å². The van der Waals surface area contributed by atoms with Crippen LogP contribution in [0.15, 0.2) is 42.5 Å². The molecule has 0 heterocycles. The van der Waals surface area contributed by atoms with Gasteiger partial charge in [0.15, 0.2) is 0 Å². The third kappa shape index (κ3) is 2.99. The van der Waals surface area contributed by atoms with Gasteiger partial charge < -0.3 is 0 Å². The predicted molar refractivity (Wildman–Crippen MR) is 76.5 cm³/mol. The van der Waals surface area contributed by atoms with Crippen molar-refractivity contribution in [3.63, 3.8) is 0 Å². The zero-order valence-corrected chi connectivity index (χ0v) is 12.4. The predicted octanol–water partition coefficient (Wildman–Crippen LogP) is 1.60. The van der Waals surface area contributed by atoms with Crippen molar-refractivity contribution >= 4 is 47.1 Å². The molecule has 0 radical (unpaired) electrons. The molecule has 5 nitrogen and oxygen atoms in total. The van der Waals surface area contributed by atoms with E-state index in [1.165, 1.54) is 12.1 Å². The van der Waals surface area contributed by atoms with Crippen molar-refractivity contribution in [1.82, 2.24) is 0 Å². The van der Waals surface area contributed by atoms with Gasteiger partial charge in [0.25, 0.3) is 0 Å². The van der Waals surface area contributed by atoms with Gasteiger partial charge >= 0.3 is 125 Å². The van der Waals surface area contributed by atoms with Crippen LogP contribution in [-0.2, 0) is 0 Å². The van der Waals surface area contributed by atoms with E-state index in [1.807, 2.05) is 6.07 Å². The first-order valence-corrected chi connectivity index (χ1v) is 7.53. The number of nitrogens with zero attached hydrogens (tertiary/aromatic N) is 1. The minimum atomic E-state index is -1.26. The Bertz CT molecular complexity index is 676. The first kappa shape index (κ1) is 14.5. The van der Waals surface area contributed by atoms with E-state index in [2.05, 4.69) is 0 Å². The average Bonchev–Trinajstić information content (AvgIpc) is 2.39. The second kappa shape index (κ2) is 6.05. The molecule has 2 rings (SSSR count). The molecular weight excluding hydrogens is 349 g/mol. The maximum absolute atomic E-state index is 11.3. The monoisotopic (exact) mass is 357 g/mol. The van der Waals surface area contributed by atoms with Gasteiger partial charge in [-0.1, -0.05) is 0 Å². The van der Waals surface area contributed by atoms with Gasteiger partial charge in [0.1, 0.15) is 0 Å². The van der Waals surface area contributed by atoms with Crippen LogP contribution in [-0.4, -0.2) is 31.0 Å². The van der Waals surface area contributed by atoms with Crippen molar-refractivity contribution in [2.75, 3.05) is 0 Å².